The van der Waals surface area contributed by atoms with Crippen molar-refractivity contribution in [2.24, 2.45) is 0 Å². The summed E-state index contributed by atoms with van der Waals surface area (Å²) in [7, 11) is 0. The van der Waals surface area contributed by atoms with E-state index in [0.29, 0.717) is 19.6 Å². The van der Waals surface area contributed by atoms with E-state index in [1.54, 1.807) is 0 Å². The Kier molecular flexibility index (Phi) is 9.94. The summed E-state index contributed by atoms with van der Waals surface area (Å²) in [6.07, 6.45) is 0.500. The fourth-order valence-corrected chi connectivity index (χ4v) is 8.07. The molecule has 2 fully saturated rings. The lowest BCUT2D eigenvalue weighted by Crippen LogP contribution is -2.51. The van der Waals surface area contributed by atoms with E-state index in [2.05, 4.69) is 36.1 Å². The number of rotatable bonds is 11. The smallest absolute Gasteiger partial charge is 0.290 e. The van der Waals surface area contributed by atoms with Crippen molar-refractivity contribution in [1.82, 2.24) is 9.80 Å². The molecule has 2 aliphatic rings. The Hall–Kier alpha value is -4.69. The van der Waals surface area contributed by atoms with Gasteiger partial charge in [-0.3, -0.25) is 19.4 Å². The third-order valence-electron chi connectivity index (χ3n) is 9.56. The molecule has 2 aliphatic heterocycles. The molecule has 2 heterocycles. The normalized spacial score (nSPS) is 19.2. The molecule has 0 spiro atoms. The predicted octanol–water partition coefficient (Wildman–Crippen LogP) is 8.13. The van der Waals surface area contributed by atoms with E-state index < -0.39 is 10.8 Å². The summed E-state index contributed by atoms with van der Waals surface area (Å²) in [4.78, 5) is 32.4. The van der Waals surface area contributed by atoms with Gasteiger partial charge in [-0.15, -0.1) is 0 Å². The number of thioether (sulfide) groups is 1. The van der Waals surface area contributed by atoms with E-state index in [1.807, 2.05) is 121 Å². The Morgan fingerprint density at radius 3 is 1.84 bits per heavy atom. The first-order valence-electron chi connectivity index (χ1n) is 16.9. The van der Waals surface area contributed by atoms with E-state index in [1.165, 1.54) is 10.5 Å². The molecule has 0 aromatic heterocycles. The van der Waals surface area contributed by atoms with Gasteiger partial charge >= 0.3 is 0 Å². The Morgan fingerprint density at radius 2 is 1.29 bits per heavy atom. The van der Waals surface area contributed by atoms with Gasteiger partial charge in [0.25, 0.3) is 5.24 Å². The zero-order valence-electron chi connectivity index (χ0n) is 27.6. The van der Waals surface area contributed by atoms with Crippen molar-refractivity contribution >= 4 is 22.9 Å². The summed E-state index contributed by atoms with van der Waals surface area (Å²) in [5, 5.41) is -0.799. The fraction of sp³-hybridized carbons (Fsp3) is 0.238. The minimum Gasteiger partial charge on any atom is -0.492 e. The lowest BCUT2D eigenvalue weighted by Gasteiger charge is -2.42. The second kappa shape index (κ2) is 14.8. The third kappa shape index (κ3) is 6.79. The van der Waals surface area contributed by atoms with Gasteiger partial charge in [-0.25, -0.2) is 0 Å². The second-order valence-electron chi connectivity index (χ2n) is 12.6. The summed E-state index contributed by atoms with van der Waals surface area (Å²) < 4.78 is 12.3. The van der Waals surface area contributed by atoms with Crippen LogP contribution in [0.2, 0.25) is 0 Å². The molecule has 49 heavy (non-hydrogen) atoms. The lowest BCUT2D eigenvalue weighted by molar-refractivity contribution is -0.129. The van der Waals surface area contributed by atoms with Crippen molar-refractivity contribution in [2.45, 2.75) is 36.3 Å². The number of hydrogen-bond donors (Lipinski definition) is 0. The molecule has 0 bridgehead atoms. The highest BCUT2D eigenvalue weighted by Crippen LogP contribution is 2.47. The zero-order valence-corrected chi connectivity index (χ0v) is 28.4. The maximum atomic E-state index is 14.4. The number of imide groups is 1. The maximum absolute atomic E-state index is 14.4. The van der Waals surface area contributed by atoms with Crippen molar-refractivity contribution in [3.63, 3.8) is 0 Å². The predicted molar refractivity (Wildman–Crippen MR) is 195 cm³/mol. The number of carbonyl (C=O) groups excluding carboxylic acids is 2. The Morgan fingerprint density at radius 1 is 0.755 bits per heavy atom. The van der Waals surface area contributed by atoms with Crippen LogP contribution in [-0.4, -0.2) is 58.5 Å². The van der Waals surface area contributed by atoms with Crippen LogP contribution in [0.3, 0.4) is 0 Å². The zero-order chi connectivity index (χ0) is 33.6. The average Bonchev–Trinajstić information content (AvgIpc) is 3.45. The van der Waals surface area contributed by atoms with Gasteiger partial charge in [0.1, 0.15) is 17.9 Å². The summed E-state index contributed by atoms with van der Waals surface area (Å²) in [5.74, 6) is 0.586. The average molecular weight is 669 g/mol. The van der Waals surface area contributed by atoms with Crippen molar-refractivity contribution in [3.8, 4) is 5.75 Å². The molecule has 2 saturated heterocycles. The maximum Gasteiger partial charge on any atom is 0.290 e. The highest BCUT2D eigenvalue weighted by molar-refractivity contribution is 8.15. The van der Waals surface area contributed by atoms with Crippen LogP contribution < -0.4 is 4.74 Å². The number of hydrogen-bond acceptors (Lipinski definition) is 6. The van der Waals surface area contributed by atoms with Crippen molar-refractivity contribution in [1.29, 1.82) is 0 Å². The molecule has 3 atom stereocenters. The molecular formula is C42H40N2O4S. The summed E-state index contributed by atoms with van der Waals surface area (Å²) >= 11 is 1.11. The van der Waals surface area contributed by atoms with Gasteiger partial charge in [-0.05, 0) is 53.3 Å². The lowest BCUT2D eigenvalue weighted by atomic mass is 9.75. The summed E-state index contributed by atoms with van der Waals surface area (Å²) in [6, 6.07) is 48.1. The molecule has 0 N–H and O–H groups in total. The largest absolute Gasteiger partial charge is 0.492 e. The van der Waals surface area contributed by atoms with E-state index in [4.69, 9.17) is 9.47 Å². The van der Waals surface area contributed by atoms with Gasteiger partial charge in [0.05, 0.1) is 18.0 Å². The molecule has 0 saturated carbocycles. The van der Waals surface area contributed by atoms with Crippen LogP contribution in [0, 0.1) is 0 Å². The van der Waals surface area contributed by atoms with E-state index >= 15 is 0 Å². The molecule has 0 aliphatic carbocycles. The van der Waals surface area contributed by atoms with E-state index in [0.717, 1.165) is 52.9 Å². The molecule has 5 aromatic carbocycles. The van der Waals surface area contributed by atoms with Gasteiger partial charge in [0.15, 0.2) is 0 Å². The highest BCUT2D eigenvalue weighted by Gasteiger charge is 2.54. The van der Waals surface area contributed by atoms with Crippen LogP contribution in [-0.2, 0) is 21.5 Å². The van der Waals surface area contributed by atoms with Crippen LogP contribution in [0.15, 0.2) is 146 Å². The standard InChI is InChI=1S/C42H40N2O4S/c1-31(43-26-27-47-38(29-43)33-14-6-2-7-15-33)30-48-37-24-22-32(23-25-37)28-39-40(45)44(41(46)49-39)42(34-16-8-3-9-17-34,35-18-10-4-11-19-35)36-20-12-5-13-21-36/h2-25,31,38-39H,26-30H2,1H3. The van der Waals surface area contributed by atoms with E-state index in [9.17, 15) is 9.59 Å². The number of ether oxygens (including phenoxy) is 2. The minimum absolute atomic E-state index is 0.0638. The third-order valence-corrected chi connectivity index (χ3v) is 10.6. The van der Waals surface area contributed by atoms with Crippen LogP contribution in [0.1, 0.15) is 40.8 Å². The van der Waals surface area contributed by atoms with Crippen molar-refractivity contribution in [2.75, 3.05) is 26.3 Å². The highest BCUT2D eigenvalue weighted by atomic mass is 32.2. The number of morpholine rings is 1. The number of benzene rings is 5. The molecule has 7 rings (SSSR count). The molecular weight excluding hydrogens is 629 g/mol. The number of amides is 2. The first-order valence-corrected chi connectivity index (χ1v) is 17.8. The Balaban J connectivity index is 1.06. The number of nitrogens with zero attached hydrogens (tertiary/aromatic N) is 2. The molecule has 5 aromatic rings. The first-order chi connectivity index (χ1) is 24.0. The monoisotopic (exact) mass is 668 g/mol. The minimum atomic E-state index is -1.12. The first kappa shape index (κ1) is 32.8. The molecule has 248 valence electrons. The van der Waals surface area contributed by atoms with Gasteiger partial charge < -0.3 is 9.47 Å². The Bertz CT molecular complexity index is 1740. The van der Waals surface area contributed by atoms with E-state index in [-0.39, 0.29) is 23.3 Å². The van der Waals surface area contributed by atoms with Gasteiger partial charge in [0, 0.05) is 19.1 Å². The van der Waals surface area contributed by atoms with Crippen molar-refractivity contribution in [3.05, 3.63) is 173 Å². The van der Waals surface area contributed by atoms with Crippen molar-refractivity contribution < 1.29 is 19.1 Å². The Labute approximate surface area is 292 Å². The molecule has 6 nitrogen and oxygen atoms in total. The second-order valence-corrected chi connectivity index (χ2v) is 13.8. The summed E-state index contributed by atoms with van der Waals surface area (Å²) in [5.41, 5.74) is 3.64. The van der Waals surface area contributed by atoms with Gasteiger partial charge in [-0.2, -0.15) is 0 Å². The van der Waals surface area contributed by atoms with Gasteiger partial charge in [0.2, 0.25) is 5.91 Å². The summed E-state index contributed by atoms with van der Waals surface area (Å²) in [6.45, 7) is 5.14. The van der Waals surface area contributed by atoms with Gasteiger partial charge in [-0.1, -0.05) is 145 Å². The SMILES string of the molecule is CC(COc1ccc(CC2SC(=O)N(C(c3ccccc3)(c3ccccc3)c3ccccc3)C2=O)cc1)N1CCOC(c2ccccc2)C1. The topological polar surface area (TPSA) is 59.1 Å². The number of carbonyl (C=O) groups is 2. The fourth-order valence-electron chi connectivity index (χ4n) is 7.01. The molecule has 0 radical (unpaired) electrons. The van der Waals surface area contributed by atoms with Crippen LogP contribution in [0.4, 0.5) is 4.79 Å². The van der Waals surface area contributed by atoms with Crippen LogP contribution in [0.25, 0.3) is 0 Å². The quantitative estimate of drug-likeness (QED) is 0.133. The molecule has 3 unspecified atom stereocenters. The molecule has 7 heteroatoms. The molecule has 2 amide bonds. The van der Waals surface area contributed by atoms with Crippen LogP contribution in [0.5, 0.6) is 5.75 Å². The van der Waals surface area contributed by atoms with Crippen LogP contribution >= 0.6 is 11.8 Å².